The highest BCUT2D eigenvalue weighted by molar-refractivity contribution is 5.84. The number of ether oxygens (including phenoxy) is 4. The molecule has 0 atom stereocenters. The van der Waals surface area contributed by atoms with Crippen LogP contribution < -0.4 is 24.4 Å². The van der Waals surface area contributed by atoms with Gasteiger partial charge in [-0.3, -0.25) is 4.79 Å². The van der Waals surface area contributed by atoms with Crippen LogP contribution in [-0.2, 0) is 4.79 Å². The molecule has 0 saturated carbocycles. The lowest BCUT2D eigenvalue weighted by atomic mass is 10.0. The van der Waals surface area contributed by atoms with Crippen molar-refractivity contribution >= 4 is 12.1 Å². The second-order valence-electron chi connectivity index (χ2n) is 6.74. The van der Waals surface area contributed by atoms with E-state index in [1.54, 1.807) is 12.1 Å². The first-order valence-electron chi connectivity index (χ1n) is 9.24. The fourth-order valence-electron chi connectivity index (χ4n) is 2.77. The number of rotatable bonds is 9. The Kier molecular flexibility index (Phi) is 7.88. The third-order valence-corrected chi connectivity index (χ3v) is 4.24. The van der Waals surface area contributed by atoms with E-state index in [0.29, 0.717) is 34.5 Å². The van der Waals surface area contributed by atoms with Crippen molar-refractivity contribution in [3.63, 3.8) is 0 Å². The fourth-order valence-corrected chi connectivity index (χ4v) is 2.77. The molecular weight excluding hydrogens is 372 g/mol. The van der Waals surface area contributed by atoms with Crippen molar-refractivity contribution in [2.75, 3.05) is 27.9 Å². The van der Waals surface area contributed by atoms with Gasteiger partial charge in [0.25, 0.3) is 5.91 Å². The van der Waals surface area contributed by atoms with E-state index in [1.807, 2.05) is 25.1 Å². The minimum atomic E-state index is -0.357. The van der Waals surface area contributed by atoms with Crippen molar-refractivity contribution in [1.29, 1.82) is 0 Å². The predicted octanol–water partition coefficient (Wildman–Crippen LogP) is 3.67. The van der Waals surface area contributed by atoms with Crippen molar-refractivity contribution in [1.82, 2.24) is 5.43 Å². The van der Waals surface area contributed by atoms with Gasteiger partial charge in [0.15, 0.2) is 18.1 Å². The van der Waals surface area contributed by atoms with Gasteiger partial charge in [0.1, 0.15) is 5.75 Å². The molecule has 0 radical (unpaired) electrons. The highest BCUT2D eigenvalue weighted by Crippen LogP contribution is 2.37. The Hall–Kier alpha value is -3.22. The molecule has 7 heteroatoms. The Morgan fingerprint density at radius 1 is 1.03 bits per heavy atom. The molecule has 0 unspecified atom stereocenters. The van der Waals surface area contributed by atoms with E-state index in [1.165, 1.54) is 27.5 Å². The Bertz CT molecular complexity index is 852. The van der Waals surface area contributed by atoms with Gasteiger partial charge in [-0.25, -0.2) is 5.43 Å². The molecule has 0 aliphatic rings. The lowest BCUT2D eigenvalue weighted by molar-refractivity contribution is -0.123. The summed E-state index contributed by atoms with van der Waals surface area (Å²) in [5.74, 6) is 2.15. The standard InChI is InChI=1S/C22H28N2O5/c1-14(2)17-8-7-15(3)9-18(17)29-13-21(25)24-23-12-16-10-19(26-4)22(28-6)20(11-16)27-5/h7-12,14H,13H2,1-6H3,(H,24,25)/b23-12+. The number of carbonyl (C=O) groups is 1. The third kappa shape index (κ3) is 5.88. The summed E-state index contributed by atoms with van der Waals surface area (Å²) in [5.41, 5.74) is 5.28. The van der Waals surface area contributed by atoms with E-state index in [2.05, 4.69) is 24.4 Å². The lowest BCUT2D eigenvalue weighted by Crippen LogP contribution is -2.25. The molecule has 2 rings (SSSR count). The lowest BCUT2D eigenvalue weighted by Gasteiger charge is -2.14. The molecule has 1 N–H and O–H groups in total. The van der Waals surface area contributed by atoms with Gasteiger partial charge in [0, 0.05) is 5.56 Å². The van der Waals surface area contributed by atoms with Gasteiger partial charge in [0.05, 0.1) is 27.5 Å². The third-order valence-electron chi connectivity index (χ3n) is 4.24. The molecule has 156 valence electrons. The fraction of sp³-hybridized carbons (Fsp3) is 0.364. The summed E-state index contributed by atoms with van der Waals surface area (Å²) in [6.07, 6.45) is 1.49. The van der Waals surface area contributed by atoms with E-state index in [9.17, 15) is 4.79 Å². The zero-order valence-corrected chi connectivity index (χ0v) is 17.7. The van der Waals surface area contributed by atoms with Crippen LogP contribution in [0, 0.1) is 6.92 Å². The molecular formula is C22H28N2O5. The van der Waals surface area contributed by atoms with Crippen LogP contribution in [0.25, 0.3) is 0 Å². The Morgan fingerprint density at radius 3 is 2.24 bits per heavy atom. The average molecular weight is 400 g/mol. The first-order valence-corrected chi connectivity index (χ1v) is 9.24. The summed E-state index contributed by atoms with van der Waals surface area (Å²) < 4.78 is 21.6. The number of carbonyl (C=O) groups excluding carboxylic acids is 1. The SMILES string of the molecule is COc1cc(/C=N/NC(=O)COc2cc(C)ccc2C(C)C)cc(OC)c1OC. The Labute approximate surface area is 171 Å². The maximum atomic E-state index is 12.1. The molecule has 0 aromatic heterocycles. The van der Waals surface area contributed by atoms with E-state index >= 15 is 0 Å². The number of nitrogens with one attached hydrogen (secondary N) is 1. The molecule has 1 amide bonds. The van der Waals surface area contributed by atoms with E-state index in [-0.39, 0.29) is 12.5 Å². The Balaban J connectivity index is 2.01. The van der Waals surface area contributed by atoms with Crippen LogP contribution in [0.5, 0.6) is 23.0 Å². The van der Waals surface area contributed by atoms with E-state index in [0.717, 1.165) is 11.1 Å². The summed E-state index contributed by atoms with van der Waals surface area (Å²) in [5, 5.41) is 3.98. The van der Waals surface area contributed by atoms with Gasteiger partial charge < -0.3 is 18.9 Å². The summed E-state index contributed by atoms with van der Waals surface area (Å²) in [6, 6.07) is 9.45. The second-order valence-corrected chi connectivity index (χ2v) is 6.74. The summed E-state index contributed by atoms with van der Waals surface area (Å²) >= 11 is 0. The molecule has 0 bridgehead atoms. The molecule has 7 nitrogen and oxygen atoms in total. The molecule has 0 saturated heterocycles. The minimum Gasteiger partial charge on any atom is -0.493 e. The van der Waals surface area contributed by atoms with Gasteiger partial charge in [-0.2, -0.15) is 5.10 Å². The monoisotopic (exact) mass is 400 g/mol. The van der Waals surface area contributed by atoms with Crippen LogP contribution >= 0.6 is 0 Å². The van der Waals surface area contributed by atoms with Gasteiger partial charge in [0.2, 0.25) is 5.75 Å². The molecule has 29 heavy (non-hydrogen) atoms. The first-order chi connectivity index (χ1) is 13.9. The van der Waals surface area contributed by atoms with E-state index < -0.39 is 0 Å². The zero-order chi connectivity index (χ0) is 21.4. The molecule has 2 aromatic rings. The van der Waals surface area contributed by atoms with Crippen LogP contribution in [0.2, 0.25) is 0 Å². The zero-order valence-electron chi connectivity index (χ0n) is 17.7. The van der Waals surface area contributed by atoms with Crippen molar-refractivity contribution in [2.45, 2.75) is 26.7 Å². The van der Waals surface area contributed by atoms with Gasteiger partial charge in [-0.1, -0.05) is 26.0 Å². The topological polar surface area (TPSA) is 78.4 Å². The molecule has 0 aliphatic heterocycles. The van der Waals surface area contributed by atoms with Crippen LogP contribution in [-0.4, -0.2) is 40.1 Å². The van der Waals surface area contributed by atoms with Gasteiger partial charge in [-0.15, -0.1) is 0 Å². The van der Waals surface area contributed by atoms with Crippen molar-refractivity contribution in [2.24, 2.45) is 5.10 Å². The maximum absolute atomic E-state index is 12.1. The summed E-state index contributed by atoms with van der Waals surface area (Å²) in [4.78, 5) is 12.1. The number of methoxy groups -OCH3 is 3. The second kappa shape index (κ2) is 10.4. The molecule has 0 fully saturated rings. The number of aryl methyl sites for hydroxylation is 1. The van der Waals surface area contributed by atoms with E-state index in [4.69, 9.17) is 18.9 Å². The van der Waals surface area contributed by atoms with Crippen LogP contribution in [0.4, 0.5) is 0 Å². The summed E-state index contributed by atoms with van der Waals surface area (Å²) in [7, 11) is 4.61. The molecule has 0 spiro atoms. The smallest absolute Gasteiger partial charge is 0.277 e. The number of hydrogen-bond acceptors (Lipinski definition) is 6. The minimum absolute atomic E-state index is 0.129. The Morgan fingerprint density at radius 2 is 1.69 bits per heavy atom. The van der Waals surface area contributed by atoms with Crippen molar-refractivity contribution in [3.05, 3.63) is 47.0 Å². The maximum Gasteiger partial charge on any atom is 0.277 e. The van der Waals surface area contributed by atoms with Crippen molar-refractivity contribution < 1.29 is 23.7 Å². The first kappa shape index (κ1) is 22.1. The van der Waals surface area contributed by atoms with Gasteiger partial charge in [-0.05, 0) is 42.2 Å². The molecule has 0 aliphatic carbocycles. The largest absolute Gasteiger partial charge is 0.493 e. The van der Waals surface area contributed by atoms with Crippen LogP contribution in [0.15, 0.2) is 35.4 Å². The number of amides is 1. The normalized spacial score (nSPS) is 10.9. The highest BCUT2D eigenvalue weighted by atomic mass is 16.5. The molecule has 0 heterocycles. The highest BCUT2D eigenvalue weighted by Gasteiger charge is 2.13. The number of nitrogens with zero attached hydrogens (tertiary/aromatic N) is 1. The van der Waals surface area contributed by atoms with Crippen molar-refractivity contribution in [3.8, 4) is 23.0 Å². The average Bonchev–Trinajstić information content (AvgIpc) is 2.71. The van der Waals surface area contributed by atoms with Crippen LogP contribution in [0.1, 0.15) is 36.5 Å². The molecule has 2 aromatic carbocycles. The summed E-state index contributed by atoms with van der Waals surface area (Å²) in [6.45, 7) is 6.02. The quantitative estimate of drug-likeness (QED) is 0.513. The number of hydrazone groups is 1. The number of hydrogen-bond donors (Lipinski definition) is 1. The van der Waals surface area contributed by atoms with Crippen LogP contribution in [0.3, 0.4) is 0 Å². The number of benzene rings is 2. The predicted molar refractivity (Wildman–Crippen MR) is 113 cm³/mol. The van der Waals surface area contributed by atoms with Gasteiger partial charge >= 0.3 is 0 Å².